The van der Waals surface area contributed by atoms with Gasteiger partial charge in [0, 0.05) is 10.6 Å². The predicted octanol–water partition coefficient (Wildman–Crippen LogP) is 4.00. The summed E-state index contributed by atoms with van der Waals surface area (Å²) in [5.74, 6) is 0.0797. The SMILES string of the molecule is Cc1ccccc1SC[C@H]1O[C@@H](n2cnc3c(Cl)ncnc32)[C@@H]2OC(C)(C)O[C@@H]21. The molecule has 0 bridgehead atoms. The van der Waals surface area contributed by atoms with Gasteiger partial charge in [0.25, 0.3) is 0 Å². The second-order valence-electron chi connectivity index (χ2n) is 7.69. The van der Waals surface area contributed by atoms with Crippen molar-refractivity contribution < 1.29 is 14.2 Å². The Morgan fingerprint density at radius 2 is 1.93 bits per heavy atom. The second-order valence-corrected chi connectivity index (χ2v) is 9.11. The van der Waals surface area contributed by atoms with Crippen molar-refractivity contribution in [3.05, 3.63) is 47.6 Å². The average molecular weight is 433 g/mol. The lowest BCUT2D eigenvalue weighted by Crippen LogP contribution is -2.31. The van der Waals surface area contributed by atoms with Crippen molar-refractivity contribution in [3.63, 3.8) is 0 Å². The van der Waals surface area contributed by atoms with Crippen LogP contribution in [0, 0.1) is 6.92 Å². The minimum Gasteiger partial charge on any atom is -0.348 e. The zero-order chi connectivity index (χ0) is 20.2. The summed E-state index contributed by atoms with van der Waals surface area (Å²) in [6.07, 6.45) is 2.13. The molecule has 4 atom stereocenters. The van der Waals surface area contributed by atoms with Gasteiger partial charge in [-0.05, 0) is 32.4 Å². The summed E-state index contributed by atoms with van der Waals surface area (Å²) in [6.45, 7) is 5.97. The van der Waals surface area contributed by atoms with Gasteiger partial charge >= 0.3 is 0 Å². The van der Waals surface area contributed by atoms with E-state index in [0.29, 0.717) is 16.3 Å². The third-order valence-electron chi connectivity index (χ3n) is 5.21. The molecule has 3 aromatic rings. The summed E-state index contributed by atoms with van der Waals surface area (Å²) in [4.78, 5) is 14.0. The Labute approximate surface area is 177 Å². The maximum atomic E-state index is 6.42. The first-order valence-electron chi connectivity index (χ1n) is 9.45. The van der Waals surface area contributed by atoms with Crippen molar-refractivity contribution in [2.24, 2.45) is 0 Å². The number of nitrogens with zero attached hydrogens (tertiary/aromatic N) is 4. The van der Waals surface area contributed by atoms with Crippen LogP contribution in [0.1, 0.15) is 25.6 Å². The fourth-order valence-corrected chi connectivity index (χ4v) is 5.18. The lowest BCUT2D eigenvalue weighted by molar-refractivity contribution is -0.193. The highest BCUT2D eigenvalue weighted by molar-refractivity contribution is 7.99. The molecule has 29 heavy (non-hydrogen) atoms. The van der Waals surface area contributed by atoms with Gasteiger partial charge in [0.1, 0.15) is 24.1 Å². The first-order valence-corrected chi connectivity index (χ1v) is 10.8. The average Bonchev–Trinajstić information content (AvgIpc) is 3.33. The van der Waals surface area contributed by atoms with Gasteiger partial charge in [-0.1, -0.05) is 29.8 Å². The van der Waals surface area contributed by atoms with Crippen molar-refractivity contribution in [2.45, 2.75) is 56.0 Å². The Balaban J connectivity index is 1.44. The number of rotatable bonds is 4. The van der Waals surface area contributed by atoms with E-state index in [0.717, 1.165) is 5.75 Å². The molecule has 0 amide bonds. The highest BCUT2D eigenvalue weighted by Gasteiger charge is 2.56. The summed E-state index contributed by atoms with van der Waals surface area (Å²) in [6, 6.07) is 8.34. The molecule has 1 aromatic carbocycles. The topological polar surface area (TPSA) is 71.3 Å². The van der Waals surface area contributed by atoms with Gasteiger partial charge in [-0.15, -0.1) is 11.8 Å². The Hall–Kier alpha value is -1.71. The van der Waals surface area contributed by atoms with Gasteiger partial charge in [0.05, 0.1) is 12.4 Å². The number of ether oxygens (including phenoxy) is 3. The van der Waals surface area contributed by atoms with Gasteiger partial charge in [-0.25, -0.2) is 15.0 Å². The normalized spacial score (nSPS) is 28.1. The van der Waals surface area contributed by atoms with Gasteiger partial charge < -0.3 is 14.2 Å². The maximum Gasteiger partial charge on any atom is 0.167 e. The van der Waals surface area contributed by atoms with Crippen molar-refractivity contribution >= 4 is 34.5 Å². The number of aromatic nitrogens is 4. The number of hydrogen-bond donors (Lipinski definition) is 0. The molecule has 4 heterocycles. The Bertz CT molecular complexity index is 1060. The smallest absolute Gasteiger partial charge is 0.167 e. The van der Waals surface area contributed by atoms with E-state index in [9.17, 15) is 0 Å². The molecule has 0 saturated carbocycles. The zero-order valence-corrected chi connectivity index (χ0v) is 17.9. The fraction of sp³-hybridized carbons (Fsp3) is 0.450. The molecule has 0 aliphatic carbocycles. The van der Waals surface area contributed by atoms with E-state index in [-0.39, 0.29) is 18.3 Å². The van der Waals surface area contributed by atoms with E-state index in [1.54, 1.807) is 18.1 Å². The van der Waals surface area contributed by atoms with Crippen molar-refractivity contribution in [1.29, 1.82) is 0 Å². The highest BCUT2D eigenvalue weighted by Crippen LogP contribution is 2.45. The first kappa shape index (κ1) is 19.3. The van der Waals surface area contributed by atoms with Crippen LogP contribution in [0.5, 0.6) is 0 Å². The Morgan fingerprint density at radius 1 is 1.14 bits per heavy atom. The number of benzene rings is 1. The maximum absolute atomic E-state index is 6.42. The van der Waals surface area contributed by atoms with E-state index in [2.05, 4.69) is 40.1 Å². The quantitative estimate of drug-likeness (QED) is 0.455. The van der Waals surface area contributed by atoms with Crippen LogP contribution in [0.3, 0.4) is 0 Å². The molecule has 9 heteroatoms. The van der Waals surface area contributed by atoms with Crippen LogP contribution in [-0.2, 0) is 14.2 Å². The summed E-state index contributed by atoms with van der Waals surface area (Å²) < 4.78 is 20.7. The molecule has 5 rings (SSSR count). The van der Waals surface area contributed by atoms with Gasteiger partial charge in [0.15, 0.2) is 22.8 Å². The van der Waals surface area contributed by atoms with Crippen molar-refractivity contribution in [2.75, 3.05) is 5.75 Å². The van der Waals surface area contributed by atoms with E-state index >= 15 is 0 Å². The lowest BCUT2D eigenvalue weighted by Gasteiger charge is -2.24. The standard InChI is InChI=1S/C20H21ClN4O3S/c1-11-6-4-5-7-13(11)29-8-12-15-16(28-20(2,3)27-15)19(26-12)25-10-24-14-17(21)22-9-23-18(14)25/h4-7,9-10,12,15-16,19H,8H2,1-3H3/t12-,15-,16-,19-/m1/s1. The first-order chi connectivity index (χ1) is 13.9. The van der Waals surface area contributed by atoms with Gasteiger partial charge in [-0.3, -0.25) is 4.57 Å². The van der Waals surface area contributed by atoms with Crippen LogP contribution >= 0.6 is 23.4 Å². The summed E-state index contributed by atoms with van der Waals surface area (Å²) in [7, 11) is 0. The number of imidazole rings is 1. The minimum atomic E-state index is -0.675. The second kappa shape index (κ2) is 7.21. The monoisotopic (exact) mass is 432 g/mol. The van der Waals surface area contributed by atoms with Crippen LogP contribution in [0.15, 0.2) is 41.8 Å². The predicted molar refractivity (Wildman–Crippen MR) is 110 cm³/mol. The van der Waals surface area contributed by atoms with Crippen molar-refractivity contribution in [3.8, 4) is 0 Å². The molecule has 2 fully saturated rings. The largest absolute Gasteiger partial charge is 0.348 e. The Kier molecular flexibility index (Phi) is 4.79. The molecular weight excluding hydrogens is 412 g/mol. The number of fused-ring (bicyclic) bond motifs is 2. The number of aryl methyl sites for hydroxylation is 1. The van der Waals surface area contributed by atoms with Crippen LogP contribution in [0.25, 0.3) is 11.2 Å². The molecule has 0 spiro atoms. The van der Waals surface area contributed by atoms with Gasteiger partial charge in [0.2, 0.25) is 0 Å². The molecule has 2 aliphatic heterocycles. The van der Waals surface area contributed by atoms with E-state index in [1.807, 2.05) is 24.5 Å². The molecule has 0 radical (unpaired) electrons. The zero-order valence-electron chi connectivity index (χ0n) is 16.3. The molecule has 2 aliphatic rings. The minimum absolute atomic E-state index is 0.133. The summed E-state index contributed by atoms with van der Waals surface area (Å²) >= 11 is 7.93. The molecule has 0 N–H and O–H groups in total. The fourth-order valence-electron chi connectivity index (χ4n) is 3.92. The molecule has 2 saturated heterocycles. The van der Waals surface area contributed by atoms with Crippen LogP contribution < -0.4 is 0 Å². The van der Waals surface area contributed by atoms with Crippen molar-refractivity contribution in [1.82, 2.24) is 19.5 Å². The van der Waals surface area contributed by atoms with Crippen LogP contribution in [-0.4, -0.2) is 49.4 Å². The summed E-state index contributed by atoms with van der Waals surface area (Å²) in [5.41, 5.74) is 2.42. The molecule has 2 aromatic heterocycles. The van der Waals surface area contributed by atoms with E-state index < -0.39 is 12.0 Å². The number of thioether (sulfide) groups is 1. The third-order valence-corrected chi connectivity index (χ3v) is 6.75. The lowest BCUT2D eigenvalue weighted by atomic mass is 10.1. The van der Waals surface area contributed by atoms with Crippen LogP contribution in [0.4, 0.5) is 0 Å². The molecule has 0 unspecified atom stereocenters. The molecule has 7 nitrogen and oxygen atoms in total. The molecule has 152 valence electrons. The van der Waals surface area contributed by atoms with Crippen LogP contribution in [0.2, 0.25) is 5.15 Å². The number of hydrogen-bond acceptors (Lipinski definition) is 7. The van der Waals surface area contributed by atoms with E-state index in [4.69, 9.17) is 25.8 Å². The third kappa shape index (κ3) is 3.43. The van der Waals surface area contributed by atoms with E-state index in [1.165, 1.54) is 16.8 Å². The number of halogens is 1. The van der Waals surface area contributed by atoms with Gasteiger partial charge in [-0.2, -0.15) is 0 Å². The highest BCUT2D eigenvalue weighted by atomic mass is 35.5. The molecular formula is C20H21ClN4O3S. The Morgan fingerprint density at radius 3 is 2.76 bits per heavy atom. The summed E-state index contributed by atoms with van der Waals surface area (Å²) in [5, 5.41) is 0.318.